The van der Waals surface area contributed by atoms with Crippen LogP contribution in [0.1, 0.15) is 21.2 Å². The number of thiazole rings is 1. The highest BCUT2D eigenvalue weighted by Gasteiger charge is 2.14. The van der Waals surface area contributed by atoms with E-state index in [-0.39, 0.29) is 5.78 Å². The van der Waals surface area contributed by atoms with Gasteiger partial charge >= 0.3 is 0 Å². The first-order chi connectivity index (χ1) is 7.20. The third-order valence-corrected chi connectivity index (χ3v) is 2.78. The number of aryl methyl sites for hydroxylation is 1. The molecule has 0 aliphatic heterocycles. The molecule has 0 spiro atoms. The van der Waals surface area contributed by atoms with Gasteiger partial charge in [-0.1, -0.05) is 0 Å². The van der Waals surface area contributed by atoms with E-state index in [4.69, 9.17) is 5.73 Å². The summed E-state index contributed by atoms with van der Waals surface area (Å²) < 4.78 is 1.59. The zero-order chi connectivity index (χ0) is 10.8. The first-order valence-corrected chi connectivity index (χ1v) is 5.27. The molecule has 0 atom stereocenters. The molecule has 78 valence electrons. The summed E-state index contributed by atoms with van der Waals surface area (Å²) in [5, 5.41) is 6.49. The average Bonchev–Trinajstić information content (AvgIpc) is 2.84. The number of nitrogens with two attached hydrogens (primary N) is 1. The largest absolute Gasteiger partial charge is 0.325 e. The van der Waals surface area contributed by atoms with Crippen molar-refractivity contribution < 1.29 is 4.79 Å². The van der Waals surface area contributed by atoms with Gasteiger partial charge in [0, 0.05) is 25.2 Å². The topological polar surface area (TPSA) is 73.8 Å². The molecular formula is C9H10N4OS. The smallest absolute Gasteiger partial charge is 0.232 e. The summed E-state index contributed by atoms with van der Waals surface area (Å²) in [4.78, 5) is 15.9. The van der Waals surface area contributed by atoms with Gasteiger partial charge in [-0.25, -0.2) is 4.98 Å². The van der Waals surface area contributed by atoms with Crippen LogP contribution in [0.4, 0.5) is 0 Å². The minimum Gasteiger partial charge on any atom is -0.325 e. The molecule has 6 heteroatoms. The predicted octanol–water partition coefficient (Wildman–Crippen LogP) is 0.566. The summed E-state index contributed by atoms with van der Waals surface area (Å²) in [5.74, 6) is -0.161. The first kappa shape index (κ1) is 10.0. The summed E-state index contributed by atoms with van der Waals surface area (Å²) in [7, 11) is 1.77. The SMILES string of the molecule is Cn1ccc(C(=O)c2csc(CN)n2)n1. The third kappa shape index (κ3) is 1.95. The van der Waals surface area contributed by atoms with Gasteiger partial charge < -0.3 is 5.73 Å². The van der Waals surface area contributed by atoms with Crippen LogP contribution in [0.2, 0.25) is 0 Å². The summed E-state index contributed by atoms with van der Waals surface area (Å²) >= 11 is 1.39. The number of carbonyl (C=O) groups is 1. The maximum absolute atomic E-state index is 11.8. The Kier molecular flexibility index (Phi) is 2.61. The quantitative estimate of drug-likeness (QED) is 0.770. The molecule has 0 radical (unpaired) electrons. The molecule has 2 heterocycles. The predicted molar refractivity (Wildman–Crippen MR) is 56.6 cm³/mol. The molecule has 0 unspecified atom stereocenters. The van der Waals surface area contributed by atoms with Gasteiger partial charge in [-0.05, 0) is 6.07 Å². The van der Waals surface area contributed by atoms with Crippen molar-refractivity contribution in [1.29, 1.82) is 0 Å². The fourth-order valence-electron chi connectivity index (χ4n) is 1.18. The second-order valence-electron chi connectivity index (χ2n) is 3.03. The molecule has 2 aromatic heterocycles. The number of carbonyl (C=O) groups excluding carboxylic acids is 1. The van der Waals surface area contributed by atoms with Gasteiger partial charge in [-0.2, -0.15) is 5.10 Å². The molecule has 2 rings (SSSR count). The van der Waals surface area contributed by atoms with Gasteiger partial charge in [-0.15, -0.1) is 11.3 Å². The molecule has 2 N–H and O–H groups in total. The standard InChI is InChI=1S/C9H10N4OS/c1-13-3-2-6(12-13)9(14)7-5-15-8(4-10)11-7/h2-3,5H,4,10H2,1H3. The van der Waals surface area contributed by atoms with Crippen LogP contribution in [0.3, 0.4) is 0 Å². The van der Waals surface area contributed by atoms with E-state index in [1.807, 2.05) is 0 Å². The van der Waals surface area contributed by atoms with Crippen molar-refractivity contribution in [2.24, 2.45) is 12.8 Å². The van der Waals surface area contributed by atoms with Crippen LogP contribution in [-0.4, -0.2) is 20.5 Å². The van der Waals surface area contributed by atoms with E-state index in [9.17, 15) is 4.79 Å². The Balaban J connectivity index is 2.28. The number of ketones is 1. The highest BCUT2D eigenvalue weighted by atomic mass is 32.1. The Labute approximate surface area is 90.6 Å². The summed E-state index contributed by atoms with van der Waals surface area (Å²) in [6.45, 7) is 0.361. The molecule has 0 aliphatic rings. The van der Waals surface area contributed by atoms with Gasteiger partial charge in [0.15, 0.2) is 0 Å². The van der Waals surface area contributed by atoms with Gasteiger partial charge in [0.25, 0.3) is 0 Å². The van der Waals surface area contributed by atoms with E-state index in [1.54, 1.807) is 29.4 Å². The number of hydrogen-bond donors (Lipinski definition) is 1. The lowest BCUT2D eigenvalue weighted by atomic mass is 10.2. The normalized spacial score (nSPS) is 10.5. The molecule has 15 heavy (non-hydrogen) atoms. The zero-order valence-corrected chi connectivity index (χ0v) is 8.99. The molecule has 0 bridgehead atoms. The van der Waals surface area contributed by atoms with Gasteiger partial charge in [-0.3, -0.25) is 9.48 Å². The summed E-state index contributed by atoms with van der Waals surface area (Å²) in [6, 6.07) is 1.67. The van der Waals surface area contributed by atoms with Crippen molar-refractivity contribution in [3.63, 3.8) is 0 Å². The minimum atomic E-state index is -0.161. The minimum absolute atomic E-state index is 0.161. The van der Waals surface area contributed by atoms with Crippen molar-refractivity contribution in [1.82, 2.24) is 14.8 Å². The van der Waals surface area contributed by atoms with Gasteiger partial charge in [0.1, 0.15) is 16.4 Å². The molecule has 5 nitrogen and oxygen atoms in total. The van der Waals surface area contributed by atoms with Crippen LogP contribution in [0.5, 0.6) is 0 Å². The number of nitrogens with zero attached hydrogens (tertiary/aromatic N) is 3. The highest BCUT2D eigenvalue weighted by molar-refractivity contribution is 7.09. The molecule has 0 amide bonds. The van der Waals surface area contributed by atoms with Crippen LogP contribution in [-0.2, 0) is 13.6 Å². The molecular weight excluding hydrogens is 212 g/mol. The van der Waals surface area contributed by atoms with E-state index in [2.05, 4.69) is 10.1 Å². The fraction of sp³-hybridized carbons (Fsp3) is 0.222. The third-order valence-electron chi connectivity index (χ3n) is 1.91. The Hall–Kier alpha value is -1.53. The van der Waals surface area contributed by atoms with Crippen molar-refractivity contribution in [2.75, 3.05) is 0 Å². The molecule has 0 fully saturated rings. The molecule has 0 aliphatic carbocycles. The lowest BCUT2D eigenvalue weighted by Gasteiger charge is -1.90. The lowest BCUT2D eigenvalue weighted by Crippen LogP contribution is -2.04. The second-order valence-corrected chi connectivity index (χ2v) is 3.98. The van der Waals surface area contributed by atoms with Gasteiger partial charge in [0.05, 0.1) is 0 Å². The second kappa shape index (κ2) is 3.92. The summed E-state index contributed by atoms with van der Waals surface area (Å²) in [6.07, 6.45) is 1.73. The van der Waals surface area contributed by atoms with E-state index in [0.29, 0.717) is 17.9 Å². The van der Waals surface area contributed by atoms with Gasteiger partial charge in [0.2, 0.25) is 5.78 Å². The zero-order valence-electron chi connectivity index (χ0n) is 8.17. The number of aromatic nitrogens is 3. The Morgan fingerprint density at radius 1 is 1.60 bits per heavy atom. The van der Waals surface area contributed by atoms with E-state index in [0.717, 1.165) is 5.01 Å². The van der Waals surface area contributed by atoms with Crippen LogP contribution in [0.15, 0.2) is 17.6 Å². The number of rotatable bonds is 3. The Bertz CT molecular complexity index is 488. The maximum Gasteiger partial charge on any atom is 0.232 e. The lowest BCUT2D eigenvalue weighted by molar-refractivity contribution is 0.102. The maximum atomic E-state index is 11.8. The average molecular weight is 222 g/mol. The van der Waals surface area contributed by atoms with Crippen LogP contribution < -0.4 is 5.73 Å². The molecule has 0 aromatic carbocycles. The van der Waals surface area contributed by atoms with Crippen molar-refractivity contribution in [3.05, 3.63) is 34.0 Å². The van der Waals surface area contributed by atoms with E-state index < -0.39 is 0 Å². The molecule has 0 saturated carbocycles. The van der Waals surface area contributed by atoms with Crippen LogP contribution >= 0.6 is 11.3 Å². The number of hydrogen-bond acceptors (Lipinski definition) is 5. The molecule has 2 aromatic rings. The highest BCUT2D eigenvalue weighted by Crippen LogP contribution is 2.12. The first-order valence-electron chi connectivity index (χ1n) is 4.39. The Morgan fingerprint density at radius 2 is 2.40 bits per heavy atom. The van der Waals surface area contributed by atoms with Crippen LogP contribution in [0, 0.1) is 0 Å². The van der Waals surface area contributed by atoms with E-state index >= 15 is 0 Å². The van der Waals surface area contributed by atoms with Crippen molar-refractivity contribution in [2.45, 2.75) is 6.54 Å². The molecule has 0 saturated heterocycles. The van der Waals surface area contributed by atoms with Crippen molar-refractivity contribution in [3.8, 4) is 0 Å². The summed E-state index contributed by atoms with van der Waals surface area (Å²) in [5.41, 5.74) is 6.25. The Morgan fingerprint density at radius 3 is 2.93 bits per heavy atom. The fourth-order valence-corrected chi connectivity index (χ4v) is 1.83. The monoisotopic (exact) mass is 222 g/mol. The van der Waals surface area contributed by atoms with E-state index in [1.165, 1.54) is 11.3 Å². The van der Waals surface area contributed by atoms with Crippen molar-refractivity contribution >= 4 is 17.1 Å². The van der Waals surface area contributed by atoms with Crippen LogP contribution in [0.25, 0.3) is 0 Å².